The second kappa shape index (κ2) is 11.2. The van der Waals surface area contributed by atoms with Gasteiger partial charge in [-0.1, -0.05) is 80.3 Å². The summed E-state index contributed by atoms with van der Waals surface area (Å²) < 4.78 is 14.7. The molecule has 0 heterocycles. The van der Waals surface area contributed by atoms with E-state index in [4.69, 9.17) is 5.84 Å². The van der Waals surface area contributed by atoms with Crippen molar-refractivity contribution in [1.29, 1.82) is 0 Å². The van der Waals surface area contributed by atoms with Crippen molar-refractivity contribution in [1.82, 2.24) is 5.43 Å². The molecule has 1 atom stereocenters. The third-order valence-electron chi connectivity index (χ3n) is 3.89. The first kappa shape index (κ1) is 18.6. The molecule has 0 bridgehead atoms. The second-order valence-corrected chi connectivity index (χ2v) is 6.56. The molecule has 0 fully saturated rings. The normalized spacial score (nSPS) is 12.6. The van der Waals surface area contributed by atoms with E-state index < -0.39 is 0 Å². The summed E-state index contributed by atoms with van der Waals surface area (Å²) in [5.74, 6) is 5.38. The predicted molar refractivity (Wildman–Crippen MR) is 91.4 cm³/mol. The highest BCUT2D eigenvalue weighted by Crippen LogP contribution is 2.24. The largest absolute Gasteiger partial charge is 0.271 e. The quantitative estimate of drug-likeness (QED) is 0.306. The van der Waals surface area contributed by atoms with Crippen LogP contribution in [0.3, 0.4) is 0 Å². The van der Waals surface area contributed by atoms with Gasteiger partial charge in [-0.2, -0.15) is 0 Å². The molecule has 0 aliphatic carbocycles. The minimum absolute atomic E-state index is 0.0989. The van der Waals surface area contributed by atoms with Crippen molar-refractivity contribution >= 4 is 15.9 Å². The molecule has 3 N–H and O–H groups in total. The zero-order chi connectivity index (χ0) is 15.5. The number of hydrazine groups is 1. The van der Waals surface area contributed by atoms with E-state index >= 15 is 0 Å². The van der Waals surface area contributed by atoms with Crippen LogP contribution in [-0.4, -0.2) is 0 Å². The first-order valence-electron chi connectivity index (χ1n) is 8.10. The van der Waals surface area contributed by atoms with E-state index in [1.807, 2.05) is 6.07 Å². The molecule has 0 aliphatic heterocycles. The molecule has 1 unspecified atom stereocenters. The Kier molecular flexibility index (Phi) is 9.89. The molecule has 0 amide bonds. The Morgan fingerprint density at radius 3 is 2.29 bits per heavy atom. The minimum atomic E-state index is -0.202. The summed E-state index contributed by atoms with van der Waals surface area (Å²) in [6.45, 7) is 2.24. The van der Waals surface area contributed by atoms with Crippen LogP contribution in [0.15, 0.2) is 22.7 Å². The number of halogens is 2. The molecular formula is C17H28BrFN2. The Morgan fingerprint density at radius 2 is 1.71 bits per heavy atom. The average Bonchev–Trinajstić information content (AvgIpc) is 2.47. The van der Waals surface area contributed by atoms with Crippen LogP contribution < -0.4 is 11.3 Å². The molecule has 2 nitrogen and oxygen atoms in total. The van der Waals surface area contributed by atoms with Crippen molar-refractivity contribution in [2.24, 2.45) is 5.84 Å². The molecule has 4 heteroatoms. The second-order valence-electron chi connectivity index (χ2n) is 5.65. The molecule has 0 spiro atoms. The average molecular weight is 359 g/mol. The van der Waals surface area contributed by atoms with Crippen molar-refractivity contribution in [2.45, 2.75) is 70.8 Å². The SMILES string of the molecule is CCCCCCCCCCC(NN)c1ccc(Br)cc1F. The Bertz CT molecular complexity index is 398. The number of nitrogens with two attached hydrogens (primary N) is 1. The highest BCUT2D eigenvalue weighted by atomic mass is 79.9. The van der Waals surface area contributed by atoms with Crippen molar-refractivity contribution in [3.8, 4) is 0 Å². The summed E-state index contributed by atoms with van der Waals surface area (Å²) >= 11 is 3.27. The Morgan fingerprint density at radius 1 is 1.10 bits per heavy atom. The first-order chi connectivity index (χ1) is 10.2. The van der Waals surface area contributed by atoms with Crippen LogP contribution in [0.25, 0.3) is 0 Å². The van der Waals surface area contributed by atoms with Gasteiger partial charge in [-0.15, -0.1) is 0 Å². The number of unbranched alkanes of at least 4 members (excludes halogenated alkanes) is 7. The van der Waals surface area contributed by atoms with Gasteiger partial charge in [0, 0.05) is 16.1 Å². The van der Waals surface area contributed by atoms with E-state index in [9.17, 15) is 4.39 Å². The maximum atomic E-state index is 13.9. The smallest absolute Gasteiger partial charge is 0.129 e. The molecule has 0 saturated heterocycles. The van der Waals surface area contributed by atoms with Gasteiger partial charge < -0.3 is 0 Å². The van der Waals surface area contributed by atoms with Crippen LogP contribution in [0.4, 0.5) is 4.39 Å². The Balaban J connectivity index is 2.25. The summed E-state index contributed by atoms with van der Waals surface area (Å²) in [4.78, 5) is 0. The Labute approximate surface area is 136 Å². The minimum Gasteiger partial charge on any atom is -0.271 e. The molecule has 120 valence electrons. The molecule has 1 aromatic carbocycles. The number of rotatable bonds is 11. The van der Waals surface area contributed by atoms with Gasteiger partial charge in [0.1, 0.15) is 5.82 Å². The summed E-state index contributed by atoms with van der Waals surface area (Å²) in [6.07, 6.45) is 11.1. The van der Waals surface area contributed by atoms with E-state index in [2.05, 4.69) is 28.3 Å². The zero-order valence-electron chi connectivity index (χ0n) is 13.0. The van der Waals surface area contributed by atoms with Crippen LogP contribution in [0, 0.1) is 5.82 Å². The van der Waals surface area contributed by atoms with Crippen LogP contribution in [-0.2, 0) is 0 Å². The Hall–Kier alpha value is -0.450. The van der Waals surface area contributed by atoms with Gasteiger partial charge >= 0.3 is 0 Å². The van der Waals surface area contributed by atoms with Crippen molar-refractivity contribution < 1.29 is 4.39 Å². The van der Waals surface area contributed by atoms with Crippen molar-refractivity contribution in [3.63, 3.8) is 0 Å². The highest BCUT2D eigenvalue weighted by Gasteiger charge is 2.14. The molecule has 21 heavy (non-hydrogen) atoms. The molecule has 0 saturated carbocycles. The summed E-state index contributed by atoms with van der Waals surface area (Å²) in [6, 6.07) is 5.05. The third-order valence-corrected chi connectivity index (χ3v) is 4.38. The molecule has 1 aromatic rings. The van der Waals surface area contributed by atoms with Crippen LogP contribution in [0.1, 0.15) is 76.3 Å². The number of nitrogens with one attached hydrogen (secondary N) is 1. The molecule has 0 aliphatic rings. The van der Waals surface area contributed by atoms with Crippen molar-refractivity contribution in [2.75, 3.05) is 0 Å². The van der Waals surface area contributed by atoms with Gasteiger partial charge in [0.2, 0.25) is 0 Å². The topological polar surface area (TPSA) is 38.0 Å². The lowest BCUT2D eigenvalue weighted by molar-refractivity contribution is 0.456. The summed E-state index contributed by atoms with van der Waals surface area (Å²) in [5.41, 5.74) is 3.40. The maximum absolute atomic E-state index is 13.9. The third kappa shape index (κ3) is 7.39. The molecule has 0 radical (unpaired) electrons. The van der Waals surface area contributed by atoms with Gasteiger partial charge in [0.25, 0.3) is 0 Å². The van der Waals surface area contributed by atoms with Gasteiger partial charge in [-0.25, -0.2) is 4.39 Å². The standard InChI is InChI=1S/C17H28BrFN2/c1-2-3-4-5-6-7-8-9-10-17(21-20)15-12-11-14(18)13-16(15)19/h11-13,17,21H,2-10,20H2,1H3. The van der Waals surface area contributed by atoms with Gasteiger partial charge in [-0.3, -0.25) is 11.3 Å². The van der Waals surface area contributed by atoms with Crippen LogP contribution in [0.5, 0.6) is 0 Å². The van der Waals surface area contributed by atoms with E-state index in [0.29, 0.717) is 5.56 Å². The van der Waals surface area contributed by atoms with Gasteiger partial charge in [0.05, 0.1) is 0 Å². The lowest BCUT2D eigenvalue weighted by Gasteiger charge is -2.17. The zero-order valence-corrected chi connectivity index (χ0v) is 14.6. The lowest BCUT2D eigenvalue weighted by atomic mass is 9.99. The van der Waals surface area contributed by atoms with E-state index in [1.54, 1.807) is 6.07 Å². The first-order valence-corrected chi connectivity index (χ1v) is 8.89. The van der Waals surface area contributed by atoms with E-state index in [0.717, 1.165) is 17.3 Å². The molecular weight excluding hydrogens is 331 g/mol. The fourth-order valence-electron chi connectivity index (χ4n) is 2.60. The number of benzene rings is 1. The monoisotopic (exact) mass is 358 g/mol. The maximum Gasteiger partial charge on any atom is 0.129 e. The van der Waals surface area contributed by atoms with Crippen LogP contribution in [0.2, 0.25) is 0 Å². The number of hydrogen-bond acceptors (Lipinski definition) is 2. The van der Waals surface area contributed by atoms with Gasteiger partial charge in [0.15, 0.2) is 0 Å². The fourth-order valence-corrected chi connectivity index (χ4v) is 2.93. The molecule has 0 aromatic heterocycles. The predicted octanol–water partition coefficient (Wildman–Crippen LogP) is 5.62. The summed E-state index contributed by atoms with van der Waals surface area (Å²) in [7, 11) is 0. The van der Waals surface area contributed by atoms with E-state index in [1.165, 1.54) is 51.0 Å². The van der Waals surface area contributed by atoms with E-state index in [-0.39, 0.29) is 11.9 Å². The van der Waals surface area contributed by atoms with Gasteiger partial charge in [-0.05, 0) is 18.6 Å². The van der Waals surface area contributed by atoms with Crippen molar-refractivity contribution in [3.05, 3.63) is 34.1 Å². The fraction of sp³-hybridized carbons (Fsp3) is 0.647. The lowest BCUT2D eigenvalue weighted by Crippen LogP contribution is -2.28. The number of hydrogen-bond donors (Lipinski definition) is 2. The summed E-state index contributed by atoms with van der Waals surface area (Å²) in [5, 5.41) is 0. The molecule has 1 rings (SSSR count). The highest BCUT2D eigenvalue weighted by molar-refractivity contribution is 9.10. The van der Waals surface area contributed by atoms with Crippen LogP contribution >= 0.6 is 15.9 Å².